The highest BCUT2D eigenvalue weighted by atomic mass is 16.2. The molecule has 1 spiro atoms. The van der Waals surface area contributed by atoms with E-state index in [9.17, 15) is 10.1 Å². The highest BCUT2D eigenvalue weighted by molar-refractivity contribution is 5.84. The Morgan fingerprint density at radius 3 is 2.46 bits per heavy atom. The number of carbonyl (C=O) groups excluding carboxylic acids is 1. The molecular weight excluding hydrogens is 346 g/mol. The predicted octanol–water partition coefficient (Wildman–Crippen LogP) is 3.79. The standard InChI is InChI=1S/C24H27N3O/c1-26-18-24(15-22(23(26)28)19-7-3-2-4-8-19)11-13-27(14-12-24)17-21-10-6-5-9-20(21)16-25/h2-10,22H,11-15,17-18H2,1H3. The smallest absolute Gasteiger partial charge is 0.229 e. The molecule has 1 amide bonds. The molecule has 1 unspecified atom stereocenters. The van der Waals surface area contributed by atoms with Gasteiger partial charge in [0.1, 0.15) is 0 Å². The lowest BCUT2D eigenvalue weighted by Gasteiger charge is -2.49. The normalized spacial score (nSPS) is 22.2. The van der Waals surface area contributed by atoms with Crippen LogP contribution in [0.25, 0.3) is 0 Å². The summed E-state index contributed by atoms with van der Waals surface area (Å²) in [5.41, 5.74) is 3.23. The average Bonchev–Trinajstić information content (AvgIpc) is 2.74. The van der Waals surface area contributed by atoms with Crippen LogP contribution in [-0.2, 0) is 11.3 Å². The Kier molecular flexibility index (Phi) is 5.19. The van der Waals surface area contributed by atoms with Gasteiger partial charge < -0.3 is 4.90 Å². The first kappa shape index (κ1) is 18.7. The Hall–Kier alpha value is -2.64. The number of nitrogens with zero attached hydrogens (tertiary/aromatic N) is 3. The van der Waals surface area contributed by atoms with Crippen molar-refractivity contribution >= 4 is 5.91 Å². The van der Waals surface area contributed by atoms with Gasteiger partial charge >= 0.3 is 0 Å². The quantitative estimate of drug-likeness (QED) is 0.822. The van der Waals surface area contributed by atoms with Crippen molar-refractivity contribution in [2.45, 2.75) is 31.7 Å². The van der Waals surface area contributed by atoms with Crippen molar-refractivity contribution in [3.8, 4) is 6.07 Å². The van der Waals surface area contributed by atoms with Crippen LogP contribution in [0.5, 0.6) is 0 Å². The molecule has 2 saturated heterocycles. The van der Waals surface area contributed by atoms with E-state index in [-0.39, 0.29) is 17.2 Å². The fourth-order valence-corrected chi connectivity index (χ4v) is 4.93. The Balaban J connectivity index is 1.46. The molecule has 4 nitrogen and oxygen atoms in total. The fraction of sp³-hybridized carbons (Fsp3) is 0.417. The summed E-state index contributed by atoms with van der Waals surface area (Å²) in [7, 11) is 1.95. The van der Waals surface area contributed by atoms with Gasteiger partial charge in [-0.2, -0.15) is 5.26 Å². The number of benzene rings is 2. The number of hydrogen-bond donors (Lipinski definition) is 0. The molecule has 2 heterocycles. The molecule has 0 N–H and O–H groups in total. The molecule has 4 rings (SSSR count). The first-order valence-corrected chi connectivity index (χ1v) is 10.1. The van der Waals surface area contributed by atoms with Gasteiger partial charge in [-0.1, -0.05) is 48.5 Å². The van der Waals surface area contributed by atoms with Crippen LogP contribution in [0.2, 0.25) is 0 Å². The lowest BCUT2D eigenvalue weighted by Crippen LogP contribution is -2.52. The number of hydrogen-bond acceptors (Lipinski definition) is 3. The van der Waals surface area contributed by atoms with Gasteiger partial charge in [-0.3, -0.25) is 9.69 Å². The van der Waals surface area contributed by atoms with Crippen LogP contribution in [0, 0.1) is 16.7 Å². The van der Waals surface area contributed by atoms with Crippen LogP contribution in [0.15, 0.2) is 54.6 Å². The average molecular weight is 374 g/mol. The molecule has 4 heteroatoms. The van der Waals surface area contributed by atoms with Crippen LogP contribution in [0.4, 0.5) is 0 Å². The molecule has 2 aromatic rings. The van der Waals surface area contributed by atoms with Crippen molar-refractivity contribution in [3.63, 3.8) is 0 Å². The van der Waals surface area contributed by atoms with E-state index in [4.69, 9.17) is 0 Å². The summed E-state index contributed by atoms with van der Waals surface area (Å²) < 4.78 is 0. The van der Waals surface area contributed by atoms with Gasteiger partial charge in [0.15, 0.2) is 0 Å². The predicted molar refractivity (Wildman–Crippen MR) is 110 cm³/mol. The molecule has 2 aliphatic heterocycles. The maximum atomic E-state index is 12.8. The van der Waals surface area contributed by atoms with Gasteiger partial charge in [-0.05, 0) is 55.0 Å². The van der Waals surface area contributed by atoms with E-state index in [1.54, 1.807) is 0 Å². The Morgan fingerprint density at radius 2 is 1.75 bits per heavy atom. The van der Waals surface area contributed by atoms with Gasteiger partial charge in [-0.15, -0.1) is 0 Å². The minimum Gasteiger partial charge on any atom is -0.345 e. The lowest BCUT2D eigenvalue weighted by molar-refractivity contribution is -0.139. The zero-order valence-electron chi connectivity index (χ0n) is 16.5. The van der Waals surface area contributed by atoms with E-state index in [0.717, 1.165) is 62.1 Å². The largest absolute Gasteiger partial charge is 0.345 e. The van der Waals surface area contributed by atoms with Crippen molar-refractivity contribution in [2.24, 2.45) is 5.41 Å². The van der Waals surface area contributed by atoms with Crippen molar-refractivity contribution in [1.29, 1.82) is 5.26 Å². The number of piperidine rings is 2. The van der Waals surface area contributed by atoms with Crippen LogP contribution >= 0.6 is 0 Å². The Bertz CT molecular complexity index is 878. The molecule has 0 radical (unpaired) electrons. The fourth-order valence-electron chi connectivity index (χ4n) is 4.93. The highest BCUT2D eigenvalue weighted by Gasteiger charge is 2.44. The second-order valence-electron chi connectivity index (χ2n) is 8.41. The summed E-state index contributed by atoms with van der Waals surface area (Å²) in [6.07, 6.45) is 3.15. The molecular formula is C24H27N3O. The number of carbonyl (C=O) groups is 1. The lowest BCUT2D eigenvalue weighted by atomic mass is 9.67. The molecule has 1 atom stereocenters. The minimum atomic E-state index is -0.0224. The van der Waals surface area contributed by atoms with Crippen LogP contribution in [-0.4, -0.2) is 42.4 Å². The molecule has 2 fully saturated rings. The zero-order valence-corrected chi connectivity index (χ0v) is 16.5. The number of likely N-dealkylation sites (tertiary alicyclic amines) is 2. The molecule has 0 aromatic heterocycles. The number of rotatable bonds is 3. The van der Waals surface area contributed by atoms with Crippen molar-refractivity contribution in [2.75, 3.05) is 26.7 Å². The van der Waals surface area contributed by atoms with Gasteiger partial charge in [0.05, 0.1) is 17.6 Å². The minimum absolute atomic E-state index is 0.0224. The summed E-state index contributed by atoms with van der Waals surface area (Å²) in [5.74, 6) is 0.230. The summed E-state index contributed by atoms with van der Waals surface area (Å²) in [5, 5.41) is 9.33. The van der Waals surface area contributed by atoms with E-state index < -0.39 is 0 Å². The van der Waals surface area contributed by atoms with Crippen molar-refractivity contribution < 1.29 is 4.79 Å². The van der Waals surface area contributed by atoms with E-state index in [0.29, 0.717) is 0 Å². The topological polar surface area (TPSA) is 47.3 Å². The maximum Gasteiger partial charge on any atom is 0.229 e. The zero-order chi connectivity index (χ0) is 19.6. The van der Waals surface area contributed by atoms with Crippen LogP contribution < -0.4 is 0 Å². The third-order valence-corrected chi connectivity index (χ3v) is 6.53. The number of nitriles is 1. The van der Waals surface area contributed by atoms with Gasteiger partial charge in [0, 0.05) is 20.1 Å². The first-order valence-electron chi connectivity index (χ1n) is 10.1. The summed E-state index contributed by atoms with van der Waals surface area (Å²) in [4.78, 5) is 17.2. The molecule has 2 aromatic carbocycles. The second-order valence-corrected chi connectivity index (χ2v) is 8.41. The van der Waals surface area contributed by atoms with Crippen molar-refractivity contribution in [3.05, 3.63) is 71.3 Å². The number of likely N-dealkylation sites (N-methyl/N-ethyl adjacent to an activating group) is 1. The van der Waals surface area contributed by atoms with Gasteiger partial charge in [-0.25, -0.2) is 0 Å². The second kappa shape index (κ2) is 7.77. The Labute approximate surface area is 167 Å². The van der Waals surface area contributed by atoms with E-state index in [1.165, 1.54) is 0 Å². The SMILES string of the molecule is CN1CC2(CCN(Cc3ccccc3C#N)CC2)CC(c2ccccc2)C1=O. The number of amides is 1. The van der Waals surface area contributed by atoms with Crippen LogP contribution in [0.3, 0.4) is 0 Å². The summed E-state index contributed by atoms with van der Waals surface area (Å²) >= 11 is 0. The summed E-state index contributed by atoms with van der Waals surface area (Å²) in [6.45, 7) is 3.72. The molecule has 0 bridgehead atoms. The van der Waals surface area contributed by atoms with E-state index >= 15 is 0 Å². The van der Waals surface area contributed by atoms with Crippen LogP contribution in [0.1, 0.15) is 41.9 Å². The molecule has 0 aliphatic carbocycles. The summed E-state index contributed by atoms with van der Waals surface area (Å²) in [6, 6.07) is 20.4. The monoisotopic (exact) mass is 373 g/mol. The maximum absolute atomic E-state index is 12.8. The van der Waals surface area contributed by atoms with E-state index in [1.807, 2.05) is 48.3 Å². The third-order valence-electron chi connectivity index (χ3n) is 6.53. The van der Waals surface area contributed by atoms with Gasteiger partial charge in [0.25, 0.3) is 0 Å². The van der Waals surface area contributed by atoms with Gasteiger partial charge in [0.2, 0.25) is 5.91 Å². The molecule has 0 saturated carbocycles. The molecule has 144 valence electrons. The van der Waals surface area contributed by atoms with E-state index in [2.05, 4.69) is 29.2 Å². The molecule has 2 aliphatic rings. The third kappa shape index (κ3) is 3.68. The molecule has 28 heavy (non-hydrogen) atoms. The highest BCUT2D eigenvalue weighted by Crippen LogP contribution is 2.45. The van der Waals surface area contributed by atoms with Crippen molar-refractivity contribution in [1.82, 2.24) is 9.80 Å². The first-order chi connectivity index (χ1) is 13.6. The Morgan fingerprint density at radius 1 is 1.07 bits per heavy atom.